The summed E-state index contributed by atoms with van der Waals surface area (Å²) in [6, 6.07) is 27.9. The zero-order chi connectivity index (χ0) is 16.3. The van der Waals surface area contributed by atoms with Gasteiger partial charge in [-0.25, -0.2) is 0 Å². The van der Waals surface area contributed by atoms with Crippen LogP contribution in [0.5, 0.6) is 0 Å². The van der Waals surface area contributed by atoms with Crippen molar-refractivity contribution < 1.29 is 10.2 Å². The fourth-order valence-electron chi connectivity index (χ4n) is 3.06. The Labute approximate surface area is 136 Å². The van der Waals surface area contributed by atoms with Crippen LogP contribution >= 0.6 is 0 Å². The number of hydrogen-bond donors (Lipinski definition) is 2. The fourth-order valence-corrected chi connectivity index (χ4v) is 3.06. The lowest BCUT2D eigenvalue weighted by Crippen LogP contribution is -2.48. The molecule has 3 aromatic rings. The molecule has 0 saturated heterocycles. The molecule has 2 N–H and O–H groups in total. The Kier molecular flexibility index (Phi) is 4.03. The molecule has 3 aromatic carbocycles. The molecule has 0 heterocycles. The first-order valence-corrected chi connectivity index (χ1v) is 7.68. The number of hydrogen-bond acceptors (Lipinski definition) is 2. The SMILES string of the molecule is CC(O)(c1ccccc1)C(O)(c1ccccc1)c1ccccc1. The Balaban J connectivity index is 2.25. The van der Waals surface area contributed by atoms with Gasteiger partial charge >= 0.3 is 0 Å². The van der Waals surface area contributed by atoms with Crippen LogP contribution in [0.3, 0.4) is 0 Å². The van der Waals surface area contributed by atoms with Crippen molar-refractivity contribution in [2.24, 2.45) is 0 Å². The van der Waals surface area contributed by atoms with E-state index in [1.807, 2.05) is 91.0 Å². The predicted octanol–water partition coefficient (Wildman–Crippen LogP) is 3.83. The van der Waals surface area contributed by atoms with E-state index in [2.05, 4.69) is 0 Å². The fraction of sp³-hybridized carbons (Fsp3) is 0.143. The minimum atomic E-state index is -1.56. The van der Waals surface area contributed by atoms with Gasteiger partial charge in [0.05, 0.1) is 0 Å². The van der Waals surface area contributed by atoms with Gasteiger partial charge in [-0.15, -0.1) is 0 Å². The van der Waals surface area contributed by atoms with Crippen molar-refractivity contribution in [1.82, 2.24) is 0 Å². The first-order valence-electron chi connectivity index (χ1n) is 7.68. The van der Waals surface area contributed by atoms with Crippen LogP contribution in [-0.4, -0.2) is 10.2 Å². The molecule has 0 amide bonds. The van der Waals surface area contributed by atoms with Gasteiger partial charge in [0.25, 0.3) is 0 Å². The smallest absolute Gasteiger partial charge is 0.147 e. The Morgan fingerprint density at radius 1 is 0.522 bits per heavy atom. The second kappa shape index (κ2) is 5.99. The molecule has 23 heavy (non-hydrogen) atoms. The molecule has 2 heteroatoms. The summed E-state index contributed by atoms with van der Waals surface area (Å²) in [5.74, 6) is 0. The zero-order valence-corrected chi connectivity index (χ0v) is 13.1. The van der Waals surface area contributed by atoms with Gasteiger partial charge in [-0.2, -0.15) is 0 Å². The van der Waals surface area contributed by atoms with E-state index in [1.54, 1.807) is 6.92 Å². The highest BCUT2D eigenvalue weighted by atomic mass is 16.4. The van der Waals surface area contributed by atoms with Gasteiger partial charge in [0.1, 0.15) is 11.2 Å². The Hall–Kier alpha value is -2.42. The van der Waals surface area contributed by atoms with E-state index in [9.17, 15) is 10.2 Å². The first-order chi connectivity index (χ1) is 11.1. The highest BCUT2D eigenvalue weighted by Crippen LogP contribution is 2.45. The van der Waals surface area contributed by atoms with Gasteiger partial charge in [-0.1, -0.05) is 91.0 Å². The molecule has 0 bridgehead atoms. The lowest BCUT2D eigenvalue weighted by molar-refractivity contribution is -0.128. The van der Waals surface area contributed by atoms with Gasteiger partial charge in [-0.05, 0) is 23.6 Å². The summed E-state index contributed by atoms with van der Waals surface area (Å²) in [6.45, 7) is 1.66. The van der Waals surface area contributed by atoms with Crippen LogP contribution < -0.4 is 0 Å². The van der Waals surface area contributed by atoms with Crippen molar-refractivity contribution in [3.63, 3.8) is 0 Å². The summed E-state index contributed by atoms with van der Waals surface area (Å²) < 4.78 is 0. The van der Waals surface area contributed by atoms with Crippen molar-refractivity contribution >= 4 is 0 Å². The van der Waals surface area contributed by atoms with Gasteiger partial charge in [0.15, 0.2) is 0 Å². The van der Waals surface area contributed by atoms with Crippen molar-refractivity contribution in [2.75, 3.05) is 0 Å². The highest BCUT2D eigenvalue weighted by Gasteiger charge is 2.49. The lowest BCUT2D eigenvalue weighted by atomic mass is 9.70. The monoisotopic (exact) mass is 304 g/mol. The van der Waals surface area contributed by atoms with E-state index >= 15 is 0 Å². The second-order valence-electron chi connectivity index (χ2n) is 5.88. The topological polar surface area (TPSA) is 40.5 Å². The Bertz CT molecular complexity index is 710. The third-order valence-electron chi connectivity index (χ3n) is 4.42. The van der Waals surface area contributed by atoms with Gasteiger partial charge < -0.3 is 10.2 Å². The summed E-state index contributed by atoms with van der Waals surface area (Å²) in [4.78, 5) is 0. The first kappa shape index (κ1) is 15.5. The molecule has 2 nitrogen and oxygen atoms in total. The summed E-state index contributed by atoms with van der Waals surface area (Å²) in [6.07, 6.45) is 0. The van der Waals surface area contributed by atoms with E-state index in [4.69, 9.17) is 0 Å². The molecule has 0 aromatic heterocycles. The molecule has 1 atom stereocenters. The Morgan fingerprint density at radius 3 is 1.17 bits per heavy atom. The molecular weight excluding hydrogens is 284 g/mol. The molecule has 1 unspecified atom stereocenters. The average molecular weight is 304 g/mol. The van der Waals surface area contributed by atoms with Crippen LogP contribution in [0.2, 0.25) is 0 Å². The summed E-state index contributed by atoms with van der Waals surface area (Å²) >= 11 is 0. The molecular formula is C21H20O2. The van der Waals surface area contributed by atoms with Crippen molar-refractivity contribution in [2.45, 2.75) is 18.1 Å². The molecule has 0 aliphatic rings. The summed E-state index contributed by atoms with van der Waals surface area (Å²) in [7, 11) is 0. The maximum Gasteiger partial charge on any atom is 0.147 e. The lowest BCUT2D eigenvalue weighted by Gasteiger charge is -2.42. The minimum absolute atomic E-state index is 0.653. The third-order valence-corrected chi connectivity index (χ3v) is 4.42. The molecule has 0 spiro atoms. The normalized spacial score (nSPS) is 14.2. The van der Waals surface area contributed by atoms with Gasteiger partial charge in [-0.3, -0.25) is 0 Å². The number of aliphatic hydroxyl groups is 2. The molecule has 116 valence electrons. The van der Waals surface area contributed by atoms with E-state index in [1.165, 1.54) is 0 Å². The van der Waals surface area contributed by atoms with Crippen molar-refractivity contribution in [3.05, 3.63) is 108 Å². The zero-order valence-electron chi connectivity index (χ0n) is 13.1. The summed E-state index contributed by atoms with van der Waals surface area (Å²) in [5, 5.41) is 23.0. The van der Waals surface area contributed by atoms with E-state index in [-0.39, 0.29) is 0 Å². The second-order valence-corrected chi connectivity index (χ2v) is 5.88. The van der Waals surface area contributed by atoms with Crippen LogP contribution in [0.4, 0.5) is 0 Å². The molecule has 0 saturated carbocycles. The predicted molar refractivity (Wildman–Crippen MR) is 91.9 cm³/mol. The molecule has 3 rings (SSSR count). The summed E-state index contributed by atoms with van der Waals surface area (Å²) in [5.41, 5.74) is -1.08. The van der Waals surface area contributed by atoms with E-state index in [0.717, 1.165) is 0 Å². The van der Waals surface area contributed by atoms with Crippen LogP contribution in [0.15, 0.2) is 91.0 Å². The average Bonchev–Trinajstić information content (AvgIpc) is 2.63. The maximum atomic E-state index is 11.7. The minimum Gasteiger partial charge on any atom is -0.382 e. The van der Waals surface area contributed by atoms with Gasteiger partial charge in [0, 0.05) is 0 Å². The van der Waals surface area contributed by atoms with Gasteiger partial charge in [0.2, 0.25) is 0 Å². The van der Waals surface area contributed by atoms with Crippen molar-refractivity contribution in [1.29, 1.82) is 0 Å². The third kappa shape index (κ3) is 2.56. The van der Waals surface area contributed by atoms with E-state index < -0.39 is 11.2 Å². The Morgan fingerprint density at radius 2 is 0.826 bits per heavy atom. The van der Waals surface area contributed by atoms with Crippen LogP contribution in [0.1, 0.15) is 23.6 Å². The number of benzene rings is 3. The molecule has 0 radical (unpaired) electrons. The van der Waals surface area contributed by atoms with Crippen molar-refractivity contribution in [3.8, 4) is 0 Å². The van der Waals surface area contributed by atoms with Crippen LogP contribution in [-0.2, 0) is 11.2 Å². The largest absolute Gasteiger partial charge is 0.382 e. The van der Waals surface area contributed by atoms with Crippen LogP contribution in [0, 0.1) is 0 Å². The molecule has 0 aliphatic heterocycles. The number of rotatable bonds is 4. The molecule has 0 fully saturated rings. The molecule has 0 aliphatic carbocycles. The quantitative estimate of drug-likeness (QED) is 0.769. The van der Waals surface area contributed by atoms with E-state index in [0.29, 0.717) is 16.7 Å². The van der Waals surface area contributed by atoms with Crippen LogP contribution in [0.25, 0.3) is 0 Å². The maximum absolute atomic E-state index is 11.7. The highest BCUT2D eigenvalue weighted by molar-refractivity contribution is 5.43. The standard InChI is InChI=1S/C21H20O2/c1-20(22,17-11-5-2-6-12-17)21(23,18-13-7-3-8-14-18)19-15-9-4-10-16-19/h2-16,22-23H,1H3.